The van der Waals surface area contributed by atoms with Gasteiger partial charge in [-0.15, -0.1) is 0 Å². The zero-order valence-corrected chi connectivity index (χ0v) is 9.30. The van der Waals surface area contributed by atoms with Gasteiger partial charge < -0.3 is 9.84 Å². The fourth-order valence-electron chi connectivity index (χ4n) is 2.79. The van der Waals surface area contributed by atoms with Gasteiger partial charge in [-0.2, -0.15) is 0 Å². The molecular formula is C13H17NO2. The standard InChI is InChI=1S/C13H17NO2/c15-13-11-4-2-1-3-10(11)9-12(13)14-5-7-16-8-6-14/h1-4,12-13,15H,5-9H2/t12-,13-/m1/s1. The highest BCUT2D eigenvalue weighted by atomic mass is 16.5. The molecule has 2 atom stereocenters. The van der Waals surface area contributed by atoms with E-state index in [0.29, 0.717) is 0 Å². The number of hydrogen-bond donors (Lipinski definition) is 1. The van der Waals surface area contributed by atoms with Crippen LogP contribution in [0.1, 0.15) is 17.2 Å². The number of morpholine rings is 1. The normalized spacial score (nSPS) is 30.3. The van der Waals surface area contributed by atoms with Gasteiger partial charge >= 0.3 is 0 Å². The third-order valence-electron chi connectivity index (χ3n) is 3.68. The van der Waals surface area contributed by atoms with Gasteiger partial charge in [0.05, 0.1) is 19.3 Å². The SMILES string of the molecule is O[C@@H]1c2ccccc2C[C@H]1N1CCOCC1. The second-order valence-electron chi connectivity index (χ2n) is 4.56. The summed E-state index contributed by atoms with van der Waals surface area (Å²) in [5.41, 5.74) is 2.41. The van der Waals surface area contributed by atoms with Crippen LogP contribution in [0.4, 0.5) is 0 Å². The van der Waals surface area contributed by atoms with Crippen molar-refractivity contribution in [2.75, 3.05) is 26.3 Å². The van der Waals surface area contributed by atoms with Gasteiger partial charge in [0, 0.05) is 19.1 Å². The molecule has 0 bridgehead atoms. The molecule has 3 nitrogen and oxygen atoms in total. The third-order valence-corrected chi connectivity index (χ3v) is 3.68. The summed E-state index contributed by atoms with van der Waals surface area (Å²) in [7, 11) is 0. The number of fused-ring (bicyclic) bond motifs is 1. The van der Waals surface area contributed by atoms with E-state index in [1.165, 1.54) is 5.56 Å². The zero-order valence-electron chi connectivity index (χ0n) is 9.30. The molecule has 1 fully saturated rings. The summed E-state index contributed by atoms with van der Waals surface area (Å²) >= 11 is 0. The van der Waals surface area contributed by atoms with Crippen LogP contribution >= 0.6 is 0 Å². The minimum Gasteiger partial charge on any atom is -0.387 e. The lowest BCUT2D eigenvalue weighted by Gasteiger charge is -2.33. The molecule has 1 N–H and O–H groups in total. The lowest BCUT2D eigenvalue weighted by molar-refractivity contribution is -0.0163. The smallest absolute Gasteiger partial charge is 0.0951 e. The molecule has 1 aliphatic heterocycles. The van der Waals surface area contributed by atoms with Gasteiger partial charge in [0.1, 0.15) is 0 Å². The van der Waals surface area contributed by atoms with Crippen LogP contribution in [0.25, 0.3) is 0 Å². The molecule has 3 rings (SSSR count). The van der Waals surface area contributed by atoms with Crippen LogP contribution in [0, 0.1) is 0 Å². The van der Waals surface area contributed by atoms with E-state index in [2.05, 4.69) is 11.0 Å². The highest BCUT2D eigenvalue weighted by Crippen LogP contribution is 2.34. The van der Waals surface area contributed by atoms with Crippen molar-refractivity contribution < 1.29 is 9.84 Å². The lowest BCUT2D eigenvalue weighted by atomic mass is 10.1. The molecule has 1 aromatic carbocycles. The van der Waals surface area contributed by atoms with Crippen molar-refractivity contribution in [3.8, 4) is 0 Å². The molecule has 0 unspecified atom stereocenters. The molecule has 1 saturated heterocycles. The second kappa shape index (κ2) is 4.17. The summed E-state index contributed by atoms with van der Waals surface area (Å²) < 4.78 is 5.35. The highest BCUT2D eigenvalue weighted by molar-refractivity contribution is 5.35. The van der Waals surface area contributed by atoms with Gasteiger partial charge in [-0.05, 0) is 17.5 Å². The fraction of sp³-hybridized carbons (Fsp3) is 0.538. The van der Waals surface area contributed by atoms with Gasteiger partial charge in [0.15, 0.2) is 0 Å². The minimum atomic E-state index is -0.325. The zero-order chi connectivity index (χ0) is 11.0. The molecule has 0 saturated carbocycles. The monoisotopic (exact) mass is 219 g/mol. The quantitative estimate of drug-likeness (QED) is 0.764. The van der Waals surface area contributed by atoms with Crippen LogP contribution in [0.3, 0.4) is 0 Å². The van der Waals surface area contributed by atoms with E-state index in [1.807, 2.05) is 18.2 Å². The molecule has 0 spiro atoms. The van der Waals surface area contributed by atoms with Crippen molar-refractivity contribution in [1.29, 1.82) is 0 Å². The van der Waals surface area contributed by atoms with E-state index in [1.54, 1.807) is 0 Å². The van der Waals surface area contributed by atoms with Gasteiger partial charge in [-0.3, -0.25) is 4.90 Å². The summed E-state index contributed by atoms with van der Waals surface area (Å²) in [4.78, 5) is 2.36. The van der Waals surface area contributed by atoms with Gasteiger partial charge in [0.25, 0.3) is 0 Å². The molecule has 0 radical (unpaired) electrons. The highest BCUT2D eigenvalue weighted by Gasteiger charge is 2.35. The Kier molecular flexibility index (Phi) is 2.67. The number of hydrogen-bond acceptors (Lipinski definition) is 3. The average molecular weight is 219 g/mol. The molecule has 0 amide bonds. The second-order valence-corrected chi connectivity index (χ2v) is 4.56. The number of ether oxygens (including phenoxy) is 1. The van der Waals surface area contributed by atoms with E-state index in [9.17, 15) is 5.11 Å². The number of benzene rings is 1. The van der Waals surface area contributed by atoms with Crippen LogP contribution in [-0.2, 0) is 11.2 Å². The maximum absolute atomic E-state index is 10.3. The molecule has 3 heteroatoms. The van der Waals surface area contributed by atoms with E-state index in [0.717, 1.165) is 38.3 Å². The lowest BCUT2D eigenvalue weighted by Crippen LogP contribution is -2.45. The van der Waals surface area contributed by atoms with E-state index < -0.39 is 0 Å². The Morgan fingerprint density at radius 2 is 1.94 bits per heavy atom. The Morgan fingerprint density at radius 1 is 1.19 bits per heavy atom. The van der Waals surface area contributed by atoms with E-state index in [4.69, 9.17) is 4.74 Å². The van der Waals surface area contributed by atoms with E-state index >= 15 is 0 Å². The molecule has 0 aromatic heterocycles. The Labute approximate surface area is 95.6 Å². The molecule has 86 valence electrons. The first kappa shape index (κ1) is 10.3. The summed E-state index contributed by atoms with van der Waals surface area (Å²) in [5, 5.41) is 10.3. The largest absolute Gasteiger partial charge is 0.387 e. The number of rotatable bonds is 1. The van der Waals surface area contributed by atoms with Crippen molar-refractivity contribution in [3.63, 3.8) is 0 Å². The summed E-state index contributed by atoms with van der Waals surface area (Å²) in [5.74, 6) is 0. The molecule has 1 heterocycles. The van der Waals surface area contributed by atoms with Crippen LogP contribution in [0.15, 0.2) is 24.3 Å². The minimum absolute atomic E-state index is 0.251. The first-order valence-corrected chi connectivity index (χ1v) is 5.94. The summed E-state index contributed by atoms with van der Waals surface area (Å²) in [6.45, 7) is 3.46. The van der Waals surface area contributed by atoms with Crippen molar-refractivity contribution >= 4 is 0 Å². The van der Waals surface area contributed by atoms with Gasteiger partial charge in [0.2, 0.25) is 0 Å². The van der Waals surface area contributed by atoms with Crippen molar-refractivity contribution in [1.82, 2.24) is 4.90 Å². The van der Waals surface area contributed by atoms with Crippen LogP contribution in [0.5, 0.6) is 0 Å². The van der Waals surface area contributed by atoms with Gasteiger partial charge in [-0.25, -0.2) is 0 Å². The predicted octanol–water partition coefficient (Wildman–Crippen LogP) is 0.977. The number of nitrogens with zero attached hydrogens (tertiary/aromatic N) is 1. The Balaban J connectivity index is 1.80. The van der Waals surface area contributed by atoms with Gasteiger partial charge in [-0.1, -0.05) is 24.3 Å². The fourth-order valence-corrected chi connectivity index (χ4v) is 2.79. The van der Waals surface area contributed by atoms with Crippen molar-refractivity contribution in [2.45, 2.75) is 18.6 Å². The molecule has 2 aliphatic rings. The molecule has 16 heavy (non-hydrogen) atoms. The number of aliphatic hydroxyl groups is 1. The van der Waals surface area contributed by atoms with Crippen LogP contribution in [0.2, 0.25) is 0 Å². The Hall–Kier alpha value is -0.900. The van der Waals surface area contributed by atoms with Crippen LogP contribution < -0.4 is 0 Å². The van der Waals surface area contributed by atoms with Crippen molar-refractivity contribution in [2.24, 2.45) is 0 Å². The molecule has 1 aromatic rings. The first-order valence-electron chi connectivity index (χ1n) is 5.94. The summed E-state index contributed by atoms with van der Waals surface area (Å²) in [6, 6.07) is 8.47. The maximum atomic E-state index is 10.3. The molecule has 1 aliphatic carbocycles. The van der Waals surface area contributed by atoms with E-state index in [-0.39, 0.29) is 12.1 Å². The first-order chi connectivity index (χ1) is 7.86. The average Bonchev–Trinajstić information content (AvgIpc) is 2.69. The summed E-state index contributed by atoms with van der Waals surface area (Å²) in [6.07, 6.45) is 0.645. The number of aliphatic hydroxyl groups excluding tert-OH is 1. The molecular weight excluding hydrogens is 202 g/mol. The third kappa shape index (κ3) is 1.65. The Morgan fingerprint density at radius 3 is 2.69 bits per heavy atom. The van der Waals surface area contributed by atoms with Crippen LogP contribution in [-0.4, -0.2) is 42.4 Å². The predicted molar refractivity (Wildman–Crippen MR) is 61.3 cm³/mol. The maximum Gasteiger partial charge on any atom is 0.0951 e. The topological polar surface area (TPSA) is 32.7 Å². The van der Waals surface area contributed by atoms with Crippen molar-refractivity contribution in [3.05, 3.63) is 35.4 Å². The Bertz CT molecular complexity index is 374.